The van der Waals surface area contributed by atoms with Gasteiger partial charge in [0.25, 0.3) is 0 Å². The van der Waals surface area contributed by atoms with Gasteiger partial charge in [0.15, 0.2) is 0 Å². The molecule has 1 spiro atoms. The minimum absolute atomic E-state index is 0. The van der Waals surface area contributed by atoms with Crippen LogP contribution >= 0.6 is 12.4 Å². The molecule has 1 aliphatic carbocycles. The summed E-state index contributed by atoms with van der Waals surface area (Å²) in [6, 6.07) is 13.1. The van der Waals surface area contributed by atoms with Crippen molar-refractivity contribution < 1.29 is 14.7 Å². The molecule has 0 saturated carbocycles. The Morgan fingerprint density at radius 3 is 2.58 bits per heavy atom. The van der Waals surface area contributed by atoms with Crippen LogP contribution in [0, 0.1) is 0 Å². The number of likely N-dealkylation sites (tertiary alicyclic amines) is 1. The predicted molar refractivity (Wildman–Crippen MR) is 143 cm³/mol. The molecule has 1 fully saturated rings. The van der Waals surface area contributed by atoms with E-state index in [4.69, 9.17) is 5.73 Å². The maximum Gasteiger partial charge on any atom is 0.245 e. The standard InChI is InChI=1S/C28H34N4O3.ClH/c1-27(2,29)26(35)31-23(16-18-17-30-22-8-4-3-6-19(18)22)25(34)32-14-12-28(13-15-32)11-10-20-21(28)7-5-9-24(20)33;/h3-9,17,23,30,33H,10-16,29H2,1-2H3,(H,31,35);1H/t23-;/m1./s1. The number of aromatic amines is 1. The number of phenols is 1. The van der Waals surface area contributed by atoms with Gasteiger partial charge in [0.1, 0.15) is 11.8 Å². The highest BCUT2D eigenvalue weighted by molar-refractivity contribution is 5.92. The summed E-state index contributed by atoms with van der Waals surface area (Å²) in [5.74, 6) is -0.0370. The second kappa shape index (κ2) is 9.79. The number of H-pyrrole nitrogens is 1. The normalized spacial score (nSPS) is 17.5. The second-order valence-corrected chi connectivity index (χ2v) is 10.7. The fourth-order valence-corrected chi connectivity index (χ4v) is 5.79. The number of rotatable bonds is 5. The van der Waals surface area contributed by atoms with Gasteiger partial charge in [-0.05, 0) is 73.8 Å². The van der Waals surface area contributed by atoms with Crippen molar-refractivity contribution in [3.8, 4) is 5.75 Å². The van der Waals surface area contributed by atoms with E-state index in [1.807, 2.05) is 41.4 Å². The first-order valence-corrected chi connectivity index (χ1v) is 12.4. The summed E-state index contributed by atoms with van der Waals surface area (Å²) in [5, 5.41) is 14.3. The number of amides is 2. The van der Waals surface area contributed by atoms with Gasteiger partial charge in [-0.25, -0.2) is 0 Å². The number of phenolic OH excluding ortho intramolecular Hbond substituents is 1. The highest BCUT2D eigenvalue weighted by Gasteiger charge is 2.43. The fourth-order valence-electron chi connectivity index (χ4n) is 5.79. The van der Waals surface area contributed by atoms with Crippen molar-refractivity contribution in [1.29, 1.82) is 0 Å². The molecule has 3 aromatic rings. The van der Waals surface area contributed by atoms with E-state index in [1.165, 1.54) is 5.56 Å². The Kier molecular flexibility index (Phi) is 7.08. The van der Waals surface area contributed by atoms with Crippen LogP contribution in [0.25, 0.3) is 10.9 Å². The van der Waals surface area contributed by atoms with Gasteiger partial charge in [-0.1, -0.05) is 30.3 Å². The molecular weight excluding hydrogens is 476 g/mol. The van der Waals surface area contributed by atoms with Gasteiger partial charge in [-0.15, -0.1) is 12.4 Å². The number of halogens is 1. The zero-order valence-electron chi connectivity index (χ0n) is 20.8. The maximum absolute atomic E-state index is 13.7. The van der Waals surface area contributed by atoms with Gasteiger partial charge in [0.2, 0.25) is 11.8 Å². The lowest BCUT2D eigenvalue weighted by molar-refractivity contribution is -0.138. The predicted octanol–water partition coefficient (Wildman–Crippen LogP) is 3.57. The minimum atomic E-state index is -1.08. The molecule has 192 valence electrons. The number of fused-ring (bicyclic) bond motifs is 3. The van der Waals surface area contributed by atoms with E-state index in [-0.39, 0.29) is 29.6 Å². The Labute approximate surface area is 217 Å². The molecule has 2 aliphatic rings. The summed E-state index contributed by atoms with van der Waals surface area (Å²) in [4.78, 5) is 31.7. The molecule has 1 atom stereocenters. The van der Waals surface area contributed by atoms with Crippen molar-refractivity contribution in [2.24, 2.45) is 5.73 Å². The Morgan fingerprint density at radius 1 is 1.14 bits per heavy atom. The number of carbonyl (C=O) groups excluding carboxylic acids is 2. The van der Waals surface area contributed by atoms with Gasteiger partial charge < -0.3 is 26.0 Å². The van der Waals surface area contributed by atoms with Crippen molar-refractivity contribution in [1.82, 2.24) is 15.2 Å². The molecule has 7 nitrogen and oxygen atoms in total. The SMILES string of the molecule is CC(C)(N)C(=O)N[C@H](Cc1c[nH]c2ccccc12)C(=O)N1CCC2(CCc3c(O)cccc32)CC1.Cl. The molecule has 0 radical (unpaired) electrons. The van der Waals surface area contributed by atoms with Gasteiger partial charge in [-0.3, -0.25) is 9.59 Å². The van der Waals surface area contributed by atoms with Crippen LogP contribution in [0.2, 0.25) is 0 Å². The zero-order valence-corrected chi connectivity index (χ0v) is 21.7. The van der Waals surface area contributed by atoms with Crippen LogP contribution in [-0.4, -0.2) is 51.5 Å². The van der Waals surface area contributed by atoms with Crippen LogP contribution < -0.4 is 11.1 Å². The van der Waals surface area contributed by atoms with Crippen LogP contribution in [0.3, 0.4) is 0 Å². The van der Waals surface area contributed by atoms with Gasteiger partial charge >= 0.3 is 0 Å². The third-order valence-electron chi connectivity index (χ3n) is 7.90. The van der Waals surface area contributed by atoms with E-state index in [9.17, 15) is 14.7 Å². The Bertz CT molecular complexity index is 1270. The molecule has 2 amide bonds. The molecule has 5 N–H and O–H groups in total. The monoisotopic (exact) mass is 510 g/mol. The Balaban J connectivity index is 0.00000304. The van der Waals surface area contributed by atoms with Gasteiger partial charge in [0.05, 0.1) is 5.54 Å². The largest absolute Gasteiger partial charge is 0.508 e. The first-order valence-electron chi connectivity index (χ1n) is 12.4. The van der Waals surface area contributed by atoms with E-state index in [0.717, 1.165) is 47.7 Å². The summed E-state index contributed by atoms with van der Waals surface area (Å²) in [6.07, 6.45) is 5.89. The summed E-state index contributed by atoms with van der Waals surface area (Å²) in [6.45, 7) is 4.54. The molecule has 36 heavy (non-hydrogen) atoms. The molecule has 8 heteroatoms. The van der Waals surface area contributed by atoms with Crippen molar-refractivity contribution >= 4 is 35.1 Å². The summed E-state index contributed by atoms with van der Waals surface area (Å²) in [7, 11) is 0. The van der Waals surface area contributed by atoms with Crippen LogP contribution in [0.1, 0.15) is 49.8 Å². The summed E-state index contributed by atoms with van der Waals surface area (Å²) < 4.78 is 0. The van der Waals surface area contributed by atoms with E-state index >= 15 is 0 Å². The first-order chi connectivity index (χ1) is 16.7. The van der Waals surface area contributed by atoms with Crippen LogP contribution in [0.15, 0.2) is 48.7 Å². The van der Waals surface area contributed by atoms with Crippen LogP contribution in [0.4, 0.5) is 0 Å². The average Bonchev–Trinajstić information content (AvgIpc) is 3.41. The lowest BCUT2D eigenvalue weighted by Crippen LogP contribution is -2.58. The number of nitrogens with zero attached hydrogens (tertiary/aromatic N) is 1. The summed E-state index contributed by atoms with van der Waals surface area (Å²) >= 11 is 0. The number of nitrogens with one attached hydrogen (secondary N) is 2. The number of piperidine rings is 1. The molecule has 1 aliphatic heterocycles. The number of benzene rings is 2. The minimum Gasteiger partial charge on any atom is -0.508 e. The molecule has 2 aromatic carbocycles. The van der Waals surface area contributed by atoms with Gasteiger partial charge in [0, 0.05) is 36.6 Å². The lowest BCUT2D eigenvalue weighted by Gasteiger charge is -2.41. The van der Waals surface area contributed by atoms with Crippen molar-refractivity contribution in [3.05, 3.63) is 65.4 Å². The van der Waals surface area contributed by atoms with E-state index in [2.05, 4.69) is 16.4 Å². The second-order valence-electron chi connectivity index (χ2n) is 10.7. The topological polar surface area (TPSA) is 111 Å². The third-order valence-corrected chi connectivity index (χ3v) is 7.90. The molecule has 2 heterocycles. The van der Waals surface area contributed by atoms with Gasteiger partial charge in [-0.2, -0.15) is 0 Å². The van der Waals surface area contributed by atoms with Crippen LogP contribution in [0.5, 0.6) is 5.75 Å². The molecule has 0 bridgehead atoms. The number of aromatic nitrogens is 1. The number of aromatic hydroxyl groups is 1. The molecular formula is C28H35ClN4O3. The number of carbonyl (C=O) groups is 2. The van der Waals surface area contributed by atoms with Crippen molar-refractivity contribution in [2.45, 2.75) is 62.9 Å². The molecule has 5 rings (SSSR count). The first kappa shape index (κ1) is 26.0. The molecule has 0 unspecified atom stereocenters. The van der Waals surface area contributed by atoms with Crippen molar-refractivity contribution in [3.63, 3.8) is 0 Å². The Hall–Kier alpha value is -3.03. The van der Waals surface area contributed by atoms with E-state index in [1.54, 1.807) is 19.9 Å². The highest BCUT2D eigenvalue weighted by atomic mass is 35.5. The average molecular weight is 511 g/mol. The Morgan fingerprint density at radius 2 is 1.86 bits per heavy atom. The number of nitrogens with two attached hydrogens (primary N) is 1. The van der Waals surface area contributed by atoms with Crippen LogP contribution in [-0.2, 0) is 27.8 Å². The quantitative estimate of drug-likeness (QED) is 0.420. The maximum atomic E-state index is 13.7. The van der Waals surface area contributed by atoms with Crippen molar-refractivity contribution in [2.75, 3.05) is 13.1 Å². The molecule has 1 aromatic heterocycles. The lowest BCUT2D eigenvalue weighted by atomic mass is 9.73. The summed E-state index contributed by atoms with van der Waals surface area (Å²) in [5.41, 5.74) is 9.26. The fraction of sp³-hybridized carbons (Fsp3) is 0.429. The zero-order chi connectivity index (χ0) is 24.8. The number of hydrogen-bond donors (Lipinski definition) is 4. The number of hydrogen-bond acceptors (Lipinski definition) is 4. The van der Waals surface area contributed by atoms with E-state index < -0.39 is 11.6 Å². The van der Waals surface area contributed by atoms with E-state index in [0.29, 0.717) is 25.3 Å². The third kappa shape index (κ3) is 4.70. The number of para-hydroxylation sites is 1. The smallest absolute Gasteiger partial charge is 0.245 e. The molecule has 1 saturated heterocycles. The highest BCUT2D eigenvalue weighted by Crippen LogP contribution is 2.48.